The van der Waals surface area contributed by atoms with Crippen molar-refractivity contribution >= 4 is 27.6 Å². The molecule has 2 rings (SSSR count). The van der Waals surface area contributed by atoms with Gasteiger partial charge in [0.15, 0.2) is 6.10 Å². The van der Waals surface area contributed by atoms with Gasteiger partial charge < -0.3 is 4.74 Å². The molecule has 122 valence electrons. The van der Waals surface area contributed by atoms with E-state index >= 15 is 0 Å². The molecule has 0 heterocycles. The Bertz CT molecular complexity index is 823. The van der Waals surface area contributed by atoms with Crippen molar-refractivity contribution in [3.05, 3.63) is 92.1 Å². The highest BCUT2D eigenvalue weighted by molar-refractivity contribution is 9.10. The molecule has 5 nitrogen and oxygen atoms in total. The van der Waals surface area contributed by atoms with Gasteiger partial charge in [0.25, 0.3) is 5.69 Å². The topological polar surface area (TPSA) is 69.4 Å². The Labute approximate surface area is 147 Å². The number of hydrogen-bond acceptors (Lipinski definition) is 4. The summed E-state index contributed by atoms with van der Waals surface area (Å²) in [5.41, 5.74) is 4.31. The van der Waals surface area contributed by atoms with Crippen LogP contribution >= 0.6 is 15.9 Å². The van der Waals surface area contributed by atoms with Crippen molar-refractivity contribution in [2.45, 2.75) is 13.0 Å². The molecule has 0 bridgehead atoms. The molecule has 0 aliphatic carbocycles. The number of non-ortho nitro benzene ring substituents is 1. The molecule has 0 aliphatic heterocycles. The van der Waals surface area contributed by atoms with Gasteiger partial charge in [-0.3, -0.25) is 10.1 Å². The maximum absolute atomic E-state index is 12.4. The van der Waals surface area contributed by atoms with E-state index in [9.17, 15) is 14.9 Å². The van der Waals surface area contributed by atoms with Crippen LogP contribution in [-0.4, -0.2) is 10.9 Å². The first-order chi connectivity index (χ1) is 11.4. The number of halogens is 1. The molecular weight excluding hydrogens is 374 g/mol. The first kappa shape index (κ1) is 17.7. The summed E-state index contributed by atoms with van der Waals surface area (Å²) < 4.78 is 6.37. The van der Waals surface area contributed by atoms with Crippen molar-refractivity contribution < 1.29 is 14.5 Å². The molecule has 0 aromatic heterocycles. The number of ether oxygens (including phenoxy) is 1. The summed E-state index contributed by atoms with van der Waals surface area (Å²) in [6, 6.07) is 12.6. The number of nitro groups is 1. The standard InChI is InChI=1S/C18H14BrNO4/c1-3-12(2)17(15-6-4-5-7-16(15)19)24-18(21)13-8-10-14(11-9-13)20(22)23/h4-11,17H,1H2,2H3. The van der Waals surface area contributed by atoms with Crippen LogP contribution in [0.1, 0.15) is 28.9 Å². The van der Waals surface area contributed by atoms with Crippen LogP contribution in [-0.2, 0) is 4.74 Å². The fraction of sp³-hybridized carbons (Fsp3) is 0.111. The molecule has 0 spiro atoms. The van der Waals surface area contributed by atoms with Crippen LogP contribution in [0.15, 0.2) is 70.9 Å². The number of nitrogens with zero attached hydrogens (tertiary/aromatic N) is 1. The Morgan fingerprint density at radius 3 is 2.42 bits per heavy atom. The van der Waals surface area contributed by atoms with E-state index in [2.05, 4.69) is 28.2 Å². The molecule has 0 saturated heterocycles. The second-order valence-corrected chi connectivity index (χ2v) is 5.82. The van der Waals surface area contributed by atoms with Gasteiger partial charge in [-0.15, -0.1) is 5.73 Å². The quantitative estimate of drug-likeness (QED) is 0.313. The zero-order chi connectivity index (χ0) is 17.7. The van der Waals surface area contributed by atoms with Gasteiger partial charge in [0, 0.05) is 27.7 Å². The third kappa shape index (κ3) is 3.98. The summed E-state index contributed by atoms with van der Waals surface area (Å²) in [5.74, 6) is -0.583. The second kappa shape index (κ2) is 7.73. The van der Waals surface area contributed by atoms with E-state index in [0.717, 1.165) is 10.0 Å². The summed E-state index contributed by atoms with van der Waals surface area (Å²) in [4.78, 5) is 22.5. The second-order valence-electron chi connectivity index (χ2n) is 4.97. The number of nitro benzene ring substituents is 1. The van der Waals surface area contributed by atoms with Crippen molar-refractivity contribution in [2.24, 2.45) is 0 Å². The van der Waals surface area contributed by atoms with Gasteiger partial charge in [-0.25, -0.2) is 4.79 Å². The van der Waals surface area contributed by atoms with E-state index in [1.54, 1.807) is 6.92 Å². The molecule has 2 aromatic rings. The fourth-order valence-electron chi connectivity index (χ4n) is 2.06. The largest absolute Gasteiger partial charge is 0.449 e. The highest BCUT2D eigenvalue weighted by Crippen LogP contribution is 2.31. The minimum Gasteiger partial charge on any atom is -0.449 e. The summed E-state index contributed by atoms with van der Waals surface area (Å²) in [6.07, 6.45) is -0.652. The minimum absolute atomic E-state index is 0.0870. The smallest absolute Gasteiger partial charge is 0.339 e. The van der Waals surface area contributed by atoms with Gasteiger partial charge in [-0.1, -0.05) is 40.7 Å². The van der Waals surface area contributed by atoms with Crippen molar-refractivity contribution in [1.82, 2.24) is 0 Å². The zero-order valence-corrected chi connectivity index (χ0v) is 14.4. The molecule has 2 aromatic carbocycles. The van der Waals surface area contributed by atoms with Gasteiger partial charge in [0.1, 0.15) is 0 Å². The summed E-state index contributed by atoms with van der Waals surface area (Å²) in [5, 5.41) is 10.7. The van der Waals surface area contributed by atoms with Crippen LogP contribution in [0, 0.1) is 10.1 Å². The van der Waals surface area contributed by atoms with E-state index in [1.165, 1.54) is 24.3 Å². The summed E-state index contributed by atoms with van der Waals surface area (Å²) in [7, 11) is 0. The average Bonchev–Trinajstić information content (AvgIpc) is 2.59. The zero-order valence-electron chi connectivity index (χ0n) is 12.9. The van der Waals surface area contributed by atoms with Crippen molar-refractivity contribution in [2.75, 3.05) is 0 Å². The highest BCUT2D eigenvalue weighted by Gasteiger charge is 2.22. The number of carbonyl (C=O) groups is 1. The Kier molecular flexibility index (Phi) is 5.68. The third-order valence-electron chi connectivity index (χ3n) is 3.40. The van der Waals surface area contributed by atoms with Gasteiger partial charge in [0.2, 0.25) is 0 Å². The van der Waals surface area contributed by atoms with Crippen LogP contribution in [0.5, 0.6) is 0 Å². The van der Waals surface area contributed by atoms with E-state index in [-0.39, 0.29) is 11.3 Å². The molecular formula is C18H14BrNO4. The lowest BCUT2D eigenvalue weighted by molar-refractivity contribution is -0.384. The Morgan fingerprint density at radius 2 is 1.88 bits per heavy atom. The maximum Gasteiger partial charge on any atom is 0.339 e. The summed E-state index contributed by atoms with van der Waals surface area (Å²) >= 11 is 3.44. The lowest BCUT2D eigenvalue weighted by Crippen LogP contribution is -2.13. The van der Waals surface area contributed by atoms with Gasteiger partial charge in [-0.2, -0.15) is 0 Å². The van der Waals surface area contributed by atoms with Crippen molar-refractivity contribution in [1.29, 1.82) is 0 Å². The SMILES string of the molecule is C=C=C(C)C(OC(=O)c1ccc([N+](=O)[O-])cc1)c1ccccc1Br. The van der Waals surface area contributed by atoms with Crippen LogP contribution < -0.4 is 0 Å². The van der Waals surface area contributed by atoms with Gasteiger partial charge in [0.05, 0.1) is 10.5 Å². The van der Waals surface area contributed by atoms with E-state index in [1.807, 2.05) is 24.3 Å². The Hall–Kier alpha value is -2.69. The molecule has 0 amide bonds. The summed E-state index contributed by atoms with van der Waals surface area (Å²) in [6.45, 7) is 5.37. The highest BCUT2D eigenvalue weighted by atomic mass is 79.9. The van der Waals surface area contributed by atoms with Crippen molar-refractivity contribution in [3.63, 3.8) is 0 Å². The van der Waals surface area contributed by atoms with Crippen LogP contribution in [0.3, 0.4) is 0 Å². The normalized spacial score (nSPS) is 11.2. The first-order valence-electron chi connectivity index (χ1n) is 7.00. The van der Waals surface area contributed by atoms with Crippen LogP contribution in [0.4, 0.5) is 5.69 Å². The first-order valence-corrected chi connectivity index (χ1v) is 7.79. The number of benzene rings is 2. The van der Waals surface area contributed by atoms with E-state index < -0.39 is 17.0 Å². The fourth-order valence-corrected chi connectivity index (χ4v) is 2.55. The monoisotopic (exact) mass is 387 g/mol. The van der Waals surface area contributed by atoms with Crippen molar-refractivity contribution in [3.8, 4) is 0 Å². The molecule has 0 aliphatic rings. The third-order valence-corrected chi connectivity index (χ3v) is 4.12. The predicted octanol–water partition coefficient (Wildman–Crippen LogP) is 4.99. The number of carbonyl (C=O) groups excluding carboxylic acids is 1. The Morgan fingerprint density at radius 1 is 1.25 bits per heavy atom. The number of rotatable bonds is 5. The maximum atomic E-state index is 12.4. The molecule has 1 atom stereocenters. The number of esters is 1. The van der Waals surface area contributed by atoms with E-state index in [4.69, 9.17) is 4.74 Å². The average molecular weight is 388 g/mol. The van der Waals surface area contributed by atoms with Crippen LogP contribution in [0.2, 0.25) is 0 Å². The predicted molar refractivity (Wildman–Crippen MR) is 93.7 cm³/mol. The molecule has 1 unspecified atom stereocenters. The molecule has 0 saturated carbocycles. The Balaban J connectivity index is 2.30. The van der Waals surface area contributed by atoms with E-state index in [0.29, 0.717) is 5.57 Å². The molecule has 6 heteroatoms. The minimum atomic E-state index is -0.652. The lowest BCUT2D eigenvalue weighted by atomic mass is 10.0. The molecule has 24 heavy (non-hydrogen) atoms. The molecule has 0 radical (unpaired) electrons. The molecule has 0 fully saturated rings. The van der Waals surface area contributed by atoms with Gasteiger partial charge in [-0.05, 0) is 25.1 Å². The van der Waals surface area contributed by atoms with Crippen LogP contribution in [0.25, 0.3) is 0 Å². The lowest BCUT2D eigenvalue weighted by Gasteiger charge is -2.19. The van der Waals surface area contributed by atoms with Gasteiger partial charge >= 0.3 is 5.97 Å². The molecule has 0 N–H and O–H groups in total. The number of hydrogen-bond donors (Lipinski definition) is 0.